The van der Waals surface area contributed by atoms with Crippen molar-refractivity contribution in [2.75, 3.05) is 37.0 Å². The first-order valence-electron chi connectivity index (χ1n) is 12.6. The largest absolute Gasteiger partial charge is 0.493 e. The minimum absolute atomic E-state index is 0.156. The van der Waals surface area contributed by atoms with E-state index in [-0.39, 0.29) is 17.9 Å². The summed E-state index contributed by atoms with van der Waals surface area (Å²) in [6, 6.07) is 7.27. The summed E-state index contributed by atoms with van der Waals surface area (Å²) in [5.41, 5.74) is 2.66. The van der Waals surface area contributed by atoms with Crippen LogP contribution in [0, 0.1) is 12.8 Å². The summed E-state index contributed by atoms with van der Waals surface area (Å²) < 4.78 is 18.6. The van der Waals surface area contributed by atoms with Gasteiger partial charge >= 0.3 is 6.09 Å². The van der Waals surface area contributed by atoms with Crippen LogP contribution in [0.2, 0.25) is 0 Å². The Bertz CT molecular complexity index is 1570. The van der Waals surface area contributed by atoms with Gasteiger partial charge in [0.15, 0.2) is 22.7 Å². The van der Waals surface area contributed by atoms with E-state index in [1.165, 1.54) is 0 Å². The highest BCUT2D eigenvalue weighted by molar-refractivity contribution is 6.04. The Morgan fingerprint density at radius 1 is 1.11 bits per heavy atom. The van der Waals surface area contributed by atoms with Gasteiger partial charge in [-0.1, -0.05) is 0 Å². The number of likely N-dealkylation sites (tertiary alicyclic amines) is 1. The van der Waals surface area contributed by atoms with Crippen molar-refractivity contribution < 1.29 is 23.5 Å². The number of methoxy groups -OCH3 is 1. The lowest BCUT2D eigenvalue weighted by molar-refractivity contribution is 0.0290. The number of imidazole rings is 1. The molecule has 4 aromatic rings. The third-order valence-electron chi connectivity index (χ3n) is 6.88. The lowest BCUT2D eigenvalue weighted by Gasteiger charge is -2.44. The van der Waals surface area contributed by atoms with Crippen LogP contribution in [0.3, 0.4) is 0 Å². The number of aryl methyl sites for hydroxylation is 1. The molecule has 11 heteroatoms. The van der Waals surface area contributed by atoms with Crippen molar-refractivity contribution >= 4 is 40.3 Å². The van der Waals surface area contributed by atoms with E-state index >= 15 is 0 Å². The van der Waals surface area contributed by atoms with E-state index in [0.29, 0.717) is 47.2 Å². The molecule has 2 aliphatic heterocycles. The topological polar surface area (TPSA) is 114 Å². The van der Waals surface area contributed by atoms with Gasteiger partial charge in [0, 0.05) is 50.1 Å². The second kappa shape index (κ2) is 8.64. The lowest BCUT2D eigenvalue weighted by atomic mass is 9.92. The average molecular weight is 519 g/mol. The second-order valence-electron chi connectivity index (χ2n) is 10.9. The number of aromatic nitrogens is 3. The van der Waals surface area contributed by atoms with Crippen LogP contribution in [-0.2, 0) is 4.74 Å². The first kappa shape index (κ1) is 24.1. The minimum Gasteiger partial charge on any atom is -0.493 e. The number of carbonyl (C=O) groups excluding carboxylic acids is 2. The monoisotopic (exact) mass is 518 g/mol. The summed E-state index contributed by atoms with van der Waals surface area (Å²) in [5, 5.41) is 2.87. The number of carbonyl (C=O) groups is 2. The van der Waals surface area contributed by atoms with E-state index in [4.69, 9.17) is 18.9 Å². The second-order valence-corrected chi connectivity index (χ2v) is 10.9. The predicted octanol–water partition coefficient (Wildman–Crippen LogP) is 4.10. The number of amides is 2. The number of nitrogens with one attached hydrogen (secondary N) is 1. The van der Waals surface area contributed by atoms with Crippen LogP contribution in [0.4, 0.5) is 16.3 Å². The molecule has 2 atom stereocenters. The van der Waals surface area contributed by atoms with Crippen LogP contribution in [-0.4, -0.2) is 69.7 Å². The van der Waals surface area contributed by atoms with Gasteiger partial charge in [-0.05, 0) is 39.8 Å². The van der Waals surface area contributed by atoms with Gasteiger partial charge < -0.3 is 33.4 Å². The van der Waals surface area contributed by atoms with Crippen LogP contribution in [0.5, 0.6) is 5.75 Å². The molecule has 38 heavy (non-hydrogen) atoms. The van der Waals surface area contributed by atoms with Gasteiger partial charge in [0.2, 0.25) is 0 Å². The van der Waals surface area contributed by atoms with E-state index in [2.05, 4.69) is 15.2 Å². The van der Waals surface area contributed by atoms with Gasteiger partial charge in [-0.2, -0.15) is 0 Å². The summed E-state index contributed by atoms with van der Waals surface area (Å²) in [6.07, 6.45) is 3.36. The standard InChI is InChI=1S/C27H30N6O5/c1-15-10-31-13-17(8-21(36-5)24(31)28-15)29-25(34)22-9-18-20(37-22)6-7-23(30-18)33-12-16-11-32(14-19(16)33)26(35)38-27(2,3)4/h6-10,13,16,19H,11-12,14H2,1-5H3,(H,29,34)/t16-,19-/m1/s1. The number of hydrogen-bond acceptors (Lipinski definition) is 8. The molecule has 0 spiro atoms. The third kappa shape index (κ3) is 4.27. The number of fused-ring (bicyclic) bond motifs is 3. The van der Waals surface area contributed by atoms with Crippen molar-refractivity contribution in [1.82, 2.24) is 19.3 Å². The Balaban J connectivity index is 1.17. The lowest BCUT2D eigenvalue weighted by Crippen LogP contribution is -2.56. The Labute approximate surface area is 219 Å². The molecule has 0 aromatic carbocycles. The Morgan fingerprint density at radius 3 is 2.68 bits per heavy atom. The first-order chi connectivity index (χ1) is 18.1. The summed E-state index contributed by atoms with van der Waals surface area (Å²) in [6.45, 7) is 9.60. The highest BCUT2D eigenvalue weighted by atomic mass is 16.6. The van der Waals surface area contributed by atoms with Gasteiger partial charge in [-0.25, -0.2) is 14.8 Å². The molecule has 2 amide bonds. The van der Waals surface area contributed by atoms with Gasteiger partial charge in [-0.3, -0.25) is 4.79 Å². The number of anilines is 2. The summed E-state index contributed by atoms with van der Waals surface area (Å²) >= 11 is 0. The molecule has 0 radical (unpaired) electrons. The van der Waals surface area contributed by atoms with E-state index in [0.717, 1.165) is 18.1 Å². The molecule has 2 aliphatic rings. The molecule has 0 saturated carbocycles. The quantitative estimate of drug-likeness (QED) is 0.430. The smallest absolute Gasteiger partial charge is 0.410 e. The van der Waals surface area contributed by atoms with Crippen molar-refractivity contribution in [3.05, 3.63) is 48.1 Å². The first-order valence-corrected chi connectivity index (χ1v) is 12.6. The molecule has 198 valence electrons. The fourth-order valence-corrected chi connectivity index (χ4v) is 5.16. The molecule has 11 nitrogen and oxygen atoms in total. The van der Waals surface area contributed by atoms with Crippen LogP contribution in [0.15, 0.2) is 41.1 Å². The summed E-state index contributed by atoms with van der Waals surface area (Å²) in [4.78, 5) is 38.7. The van der Waals surface area contributed by atoms with Gasteiger partial charge in [0.05, 0.1) is 24.5 Å². The van der Waals surface area contributed by atoms with E-state index in [1.807, 2.05) is 50.4 Å². The van der Waals surface area contributed by atoms with E-state index in [1.54, 1.807) is 30.3 Å². The maximum Gasteiger partial charge on any atom is 0.410 e. The highest BCUT2D eigenvalue weighted by Gasteiger charge is 2.48. The normalized spacial score (nSPS) is 19.0. The molecule has 1 N–H and O–H groups in total. The summed E-state index contributed by atoms with van der Waals surface area (Å²) in [7, 11) is 1.56. The maximum atomic E-state index is 13.0. The SMILES string of the molecule is COc1cc(NC(=O)c2cc3nc(N4C[C@H]5CN(C(=O)OC(C)(C)C)C[C@H]54)ccc3o2)cn2cc(C)nc12. The van der Waals surface area contributed by atoms with Crippen molar-refractivity contribution in [3.63, 3.8) is 0 Å². The zero-order valence-corrected chi connectivity index (χ0v) is 22.0. The Kier molecular flexibility index (Phi) is 5.48. The average Bonchev–Trinajstić information content (AvgIpc) is 3.52. The molecular weight excluding hydrogens is 488 g/mol. The molecule has 6 rings (SSSR count). The van der Waals surface area contributed by atoms with Gasteiger partial charge in [-0.15, -0.1) is 0 Å². The fraction of sp³-hybridized carbons (Fsp3) is 0.407. The minimum atomic E-state index is -0.520. The Morgan fingerprint density at radius 2 is 1.92 bits per heavy atom. The van der Waals surface area contributed by atoms with Crippen molar-refractivity contribution in [2.45, 2.75) is 39.3 Å². The van der Waals surface area contributed by atoms with Crippen LogP contribution < -0.4 is 15.0 Å². The number of furan rings is 1. The van der Waals surface area contributed by atoms with E-state index in [9.17, 15) is 9.59 Å². The molecule has 0 aliphatic carbocycles. The fourth-order valence-electron chi connectivity index (χ4n) is 5.16. The number of nitrogens with zero attached hydrogens (tertiary/aromatic N) is 5. The van der Waals surface area contributed by atoms with Crippen LogP contribution in [0.1, 0.15) is 37.0 Å². The van der Waals surface area contributed by atoms with Crippen molar-refractivity contribution in [2.24, 2.45) is 5.92 Å². The molecule has 0 unspecified atom stereocenters. The van der Waals surface area contributed by atoms with Gasteiger partial charge in [0.1, 0.15) is 16.9 Å². The number of rotatable bonds is 4. The molecule has 2 fully saturated rings. The van der Waals surface area contributed by atoms with E-state index < -0.39 is 11.5 Å². The molecular formula is C27H30N6O5. The molecule has 0 bridgehead atoms. The van der Waals surface area contributed by atoms with Crippen LogP contribution in [0.25, 0.3) is 16.7 Å². The van der Waals surface area contributed by atoms with Gasteiger partial charge in [0.25, 0.3) is 5.91 Å². The maximum absolute atomic E-state index is 13.0. The van der Waals surface area contributed by atoms with Crippen molar-refractivity contribution in [1.29, 1.82) is 0 Å². The highest BCUT2D eigenvalue weighted by Crippen LogP contribution is 2.37. The number of pyridine rings is 2. The number of hydrogen-bond donors (Lipinski definition) is 1. The molecule has 6 heterocycles. The summed E-state index contributed by atoms with van der Waals surface area (Å²) in [5.74, 6) is 1.50. The van der Waals surface area contributed by atoms with Crippen LogP contribution >= 0.6 is 0 Å². The number of ether oxygens (including phenoxy) is 2. The predicted molar refractivity (Wildman–Crippen MR) is 141 cm³/mol. The Hall–Kier alpha value is -4.28. The zero-order chi connectivity index (χ0) is 26.8. The van der Waals surface area contributed by atoms with Crippen molar-refractivity contribution in [3.8, 4) is 5.75 Å². The third-order valence-corrected chi connectivity index (χ3v) is 6.88. The molecule has 2 saturated heterocycles. The zero-order valence-electron chi connectivity index (χ0n) is 22.0. The molecule has 4 aromatic heterocycles.